The van der Waals surface area contributed by atoms with E-state index < -0.39 is 17.6 Å². The quantitative estimate of drug-likeness (QED) is 0.741. The fourth-order valence-corrected chi connectivity index (χ4v) is 1.88. The highest BCUT2D eigenvalue weighted by Gasteiger charge is 2.10. The van der Waals surface area contributed by atoms with Gasteiger partial charge in [-0.05, 0) is 36.2 Å². The summed E-state index contributed by atoms with van der Waals surface area (Å²) in [6, 6.07) is 7.44. The van der Waals surface area contributed by atoms with Gasteiger partial charge in [0.1, 0.15) is 22.9 Å². The zero-order valence-electron chi connectivity index (χ0n) is 10.9. The van der Waals surface area contributed by atoms with E-state index in [1.54, 1.807) is 0 Å². The maximum absolute atomic E-state index is 13.4. The molecule has 0 heterocycles. The molecule has 0 spiro atoms. The second kappa shape index (κ2) is 6.21. The summed E-state index contributed by atoms with van der Waals surface area (Å²) in [4.78, 5) is 10.9. The number of phenols is 1. The number of benzene rings is 2. The van der Waals surface area contributed by atoms with E-state index in [0.717, 1.165) is 6.07 Å². The Morgan fingerprint density at radius 2 is 1.90 bits per heavy atom. The maximum atomic E-state index is 13.4. The van der Waals surface area contributed by atoms with Gasteiger partial charge in [-0.25, -0.2) is 13.6 Å². The molecule has 2 rings (SSSR count). The van der Waals surface area contributed by atoms with Gasteiger partial charge in [0.15, 0.2) is 0 Å². The molecule has 0 radical (unpaired) electrons. The zero-order valence-corrected chi connectivity index (χ0v) is 10.9. The second-order valence-electron chi connectivity index (χ2n) is 4.45. The van der Waals surface area contributed by atoms with Crippen molar-refractivity contribution in [3.63, 3.8) is 0 Å². The molecule has 2 aromatic carbocycles. The van der Waals surface area contributed by atoms with Crippen molar-refractivity contribution in [2.75, 3.05) is 11.9 Å². The van der Waals surface area contributed by atoms with Gasteiger partial charge in [0.25, 0.3) is 0 Å². The summed E-state index contributed by atoms with van der Waals surface area (Å²) in [7, 11) is 0. The topological polar surface area (TPSA) is 69.6 Å². The Morgan fingerprint density at radius 1 is 1.14 bits per heavy atom. The molecule has 0 atom stereocenters. The molecule has 0 saturated heterocycles. The van der Waals surface area contributed by atoms with Gasteiger partial charge in [0.05, 0.1) is 0 Å². The molecule has 0 saturated carbocycles. The van der Waals surface area contributed by atoms with Crippen LogP contribution in [0.5, 0.6) is 5.75 Å². The number of carboxylic acids is 1. The third kappa shape index (κ3) is 3.68. The smallest absolute Gasteiger partial charge is 0.339 e. The Kier molecular flexibility index (Phi) is 4.37. The molecule has 4 nitrogen and oxygen atoms in total. The third-order valence-corrected chi connectivity index (χ3v) is 2.97. The summed E-state index contributed by atoms with van der Waals surface area (Å²) in [5.74, 6) is -2.80. The van der Waals surface area contributed by atoms with Crippen molar-refractivity contribution < 1.29 is 23.8 Å². The van der Waals surface area contributed by atoms with E-state index in [1.165, 1.54) is 30.3 Å². The number of anilines is 1. The van der Waals surface area contributed by atoms with Crippen molar-refractivity contribution in [1.29, 1.82) is 0 Å². The highest BCUT2D eigenvalue weighted by Crippen LogP contribution is 2.21. The van der Waals surface area contributed by atoms with Gasteiger partial charge in [-0.1, -0.05) is 6.07 Å². The van der Waals surface area contributed by atoms with Crippen LogP contribution in [0.3, 0.4) is 0 Å². The van der Waals surface area contributed by atoms with E-state index in [4.69, 9.17) is 5.11 Å². The number of carbonyl (C=O) groups is 1. The van der Waals surface area contributed by atoms with Crippen LogP contribution in [0, 0.1) is 11.6 Å². The molecule has 0 aliphatic rings. The zero-order chi connectivity index (χ0) is 15.4. The summed E-state index contributed by atoms with van der Waals surface area (Å²) >= 11 is 0. The average molecular weight is 293 g/mol. The van der Waals surface area contributed by atoms with E-state index in [2.05, 4.69) is 5.32 Å². The van der Waals surface area contributed by atoms with Crippen molar-refractivity contribution in [3.8, 4) is 5.75 Å². The first-order chi connectivity index (χ1) is 9.97. The summed E-state index contributed by atoms with van der Waals surface area (Å²) < 4.78 is 26.2. The van der Waals surface area contributed by atoms with E-state index in [1.807, 2.05) is 0 Å². The first-order valence-electron chi connectivity index (χ1n) is 6.21. The van der Waals surface area contributed by atoms with Gasteiger partial charge in [-0.2, -0.15) is 0 Å². The molecular weight excluding hydrogens is 280 g/mol. The van der Waals surface area contributed by atoms with Gasteiger partial charge in [-0.15, -0.1) is 0 Å². The fraction of sp³-hybridized carbons (Fsp3) is 0.133. The molecule has 0 aliphatic carbocycles. The second-order valence-corrected chi connectivity index (χ2v) is 4.45. The van der Waals surface area contributed by atoms with E-state index in [9.17, 15) is 18.7 Å². The molecule has 0 unspecified atom stereocenters. The van der Waals surface area contributed by atoms with Crippen LogP contribution in [0.4, 0.5) is 14.5 Å². The van der Waals surface area contributed by atoms with Crippen LogP contribution in [-0.4, -0.2) is 22.7 Å². The van der Waals surface area contributed by atoms with Crippen LogP contribution in [0.1, 0.15) is 15.9 Å². The van der Waals surface area contributed by atoms with Crippen LogP contribution >= 0.6 is 0 Å². The number of hydrogen-bond acceptors (Lipinski definition) is 3. The van der Waals surface area contributed by atoms with Gasteiger partial charge in [-0.3, -0.25) is 0 Å². The van der Waals surface area contributed by atoms with Crippen LogP contribution in [0.15, 0.2) is 36.4 Å². The molecule has 2 aromatic rings. The summed E-state index contributed by atoms with van der Waals surface area (Å²) in [6.07, 6.45) is 0.315. The van der Waals surface area contributed by atoms with Crippen molar-refractivity contribution in [2.24, 2.45) is 0 Å². The van der Waals surface area contributed by atoms with Crippen LogP contribution in [0.2, 0.25) is 0 Å². The van der Waals surface area contributed by atoms with Gasteiger partial charge < -0.3 is 15.5 Å². The lowest BCUT2D eigenvalue weighted by molar-refractivity contribution is 0.0694. The maximum Gasteiger partial charge on any atom is 0.339 e. The van der Waals surface area contributed by atoms with Crippen LogP contribution in [-0.2, 0) is 6.42 Å². The molecule has 0 aliphatic heterocycles. The summed E-state index contributed by atoms with van der Waals surface area (Å²) in [5.41, 5.74) is 0.641. The SMILES string of the molecule is O=C(O)c1cc(NCCc2ccc(F)cc2F)ccc1O. The van der Waals surface area contributed by atoms with Crippen molar-refractivity contribution in [2.45, 2.75) is 6.42 Å². The Bertz CT molecular complexity index is 674. The first-order valence-corrected chi connectivity index (χ1v) is 6.21. The summed E-state index contributed by atoms with van der Waals surface area (Å²) in [6.45, 7) is 0.340. The number of carboxylic acid groups (broad SMARTS) is 1. The molecule has 0 aromatic heterocycles. The minimum absolute atomic E-state index is 0.215. The molecule has 3 N–H and O–H groups in total. The Labute approximate surface area is 119 Å². The largest absolute Gasteiger partial charge is 0.507 e. The predicted molar refractivity (Wildman–Crippen MR) is 73.6 cm³/mol. The van der Waals surface area contributed by atoms with Crippen LogP contribution < -0.4 is 5.32 Å². The number of hydrogen-bond donors (Lipinski definition) is 3. The number of halogens is 2. The molecule has 0 fully saturated rings. The standard InChI is InChI=1S/C15H13F2NO3/c16-10-2-1-9(13(17)7-10)5-6-18-11-3-4-14(19)12(8-11)15(20)21/h1-4,7-8,18-19H,5-6H2,(H,20,21). The lowest BCUT2D eigenvalue weighted by atomic mass is 10.1. The minimum atomic E-state index is -1.24. The van der Waals surface area contributed by atoms with E-state index >= 15 is 0 Å². The Balaban J connectivity index is 2.00. The minimum Gasteiger partial charge on any atom is -0.507 e. The molecule has 0 amide bonds. The Hall–Kier alpha value is -2.63. The van der Waals surface area contributed by atoms with Crippen molar-refractivity contribution in [1.82, 2.24) is 0 Å². The first kappa shape index (κ1) is 14.8. The van der Waals surface area contributed by atoms with Gasteiger partial charge >= 0.3 is 5.97 Å². The number of aromatic hydroxyl groups is 1. The molecule has 6 heteroatoms. The van der Waals surface area contributed by atoms with Crippen LogP contribution in [0.25, 0.3) is 0 Å². The van der Waals surface area contributed by atoms with Gasteiger partial charge in [0, 0.05) is 18.3 Å². The number of aromatic carboxylic acids is 1. The van der Waals surface area contributed by atoms with E-state index in [0.29, 0.717) is 24.2 Å². The molecular formula is C15H13F2NO3. The normalized spacial score (nSPS) is 10.4. The monoisotopic (exact) mass is 293 g/mol. The number of rotatable bonds is 5. The fourth-order valence-electron chi connectivity index (χ4n) is 1.88. The predicted octanol–water partition coefficient (Wildman–Crippen LogP) is 3.02. The van der Waals surface area contributed by atoms with Crippen molar-refractivity contribution >= 4 is 11.7 Å². The summed E-state index contributed by atoms with van der Waals surface area (Å²) in [5, 5.41) is 21.2. The van der Waals surface area contributed by atoms with E-state index in [-0.39, 0.29) is 11.3 Å². The van der Waals surface area contributed by atoms with Gasteiger partial charge in [0.2, 0.25) is 0 Å². The lowest BCUT2D eigenvalue weighted by Crippen LogP contribution is -2.07. The average Bonchev–Trinajstić information content (AvgIpc) is 2.42. The third-order valence-electron chi connectivity index (χ3n) is 2.97. The molecule has 0 bridgehead atoms. The highest BCUT2D eigenvalue weighted by atomic mass is 19.1. The van der Waals surface area contributed by atoms with Crippen molar-refractivity contribution in [3.05, 3.63) is 59.2 Å². The Morgan fingerprint density at radius 3 is 2.57 bits per heavy atom. The lowest BCUT2D eigenvalue weighted by Gasteiger charge is -2.09. The molecule has 21 heavy (non-hydrogen) atoms. The number of nitrogens with one attached hydrogen (secondary N) is 1. The molecule has 110 valence electrons. The highest BCUT2D eigenvalue weighted by molar-refractivity contribution is 5.91.